The summed E-state index contributed by atoms with van der Waals surface area (Å²) in [6.07, 6.45) is 4.02. The van der Waals surface area contributed by atoms with Gasteiger partial charge in [-0.2, -0.15) is 0 Å². The molecule has 0 saturated heterocycles. The van der Waals surface area contributed by atoms with Crippen molar-refractivity contribution in [2.45, 2.75) is 26.8 Å². The Labute approximate surface area is 97.1 Å². The van der Waals surface area contributed by atoms with E-state index in [1.165, 1.54) is 0 Å². The van der Waals surface area contributed by atoms with E-state index in [-0.39, 0.29) is 5.41 Å². The van der Waals surface area contributed by atoms with Crippen LogP contribution in [-0.2, 0) is 0 Å². The minimum atomic E-state index is 0.201. The number of aliphatic imine (C=N–C) groups is 1. The van der Waals surface area contributed by atoms with Crippen molar-refractivity contribution in [1.82, 2.24) is 5.32 Å². The van der Waals surface area contributed by atoms with Gasteiger partial charge in [0.2, 0.25) is 0 Å². The van der Waals surface area contributed by atoms with Gasteiger partial charge < -0.3 is 5.32 Å². The van der Waals surface area contributed by atoms with Gasteiger partial charge in [0.1, 0.15) is 5.84 Å². The van der Waals surface area contributed by atoms with Gasteiger partial charge in [-0.1, -0.05) is 51.1 Å². The topological polar surface area (TPSA) is 24.4 Å². The molecule has 0 aliphatic carbocycles. The fourth-order valence-corrected chi connectivity index (χ4v) is 1.70. The normalized spacial score (nSPS) is 20.2. The van der Waals surface area contributed by atoms with Crippen LogP contribution in [0.15, 0.2) is 47.6 Å². The Hall–Kier alpha value is -1.57. The van der Waals surface area contributed by atoms with Crippen LogP contribution in [-0.4, -0.2) is 11.9 Å². The molecule has 0 aromatic heterocycles. The highest BCUT2D eigenvalue weighted by atomic mass is 15.0. The molecule has 16 heavy (non-hydrogen) atoms. The van der Waals surface area contributed by atoms with E-state index < -0.39 is 0 Å². The largest absolute Gasteiger partial charge is 0.363 e. The molecule has 1 N–H and O–H groups in total. The summed E-state index contributed by atoms with van der Waals surface area (Å²) in [5, 5.41) is 3.47. The SMILES string of the molecule is CC(C)(C)C1C=CN=C(c2ccccc2)N1. The second-order valence-corrected chi connectivity index (χ2v) is 5.17. The van der Waals surface area contributed by atoms with Crippen LogP contribution in [0.5, 0.6) is 0 Å². The van der Waals surface area contributed by atoms with Gasteiger partial charge in [-0.15, -0.1) is 0 Å². The van der Waals surface area contributed by atoms with Crippen LogP contribution in [0.4, 0.5) is 0 Å². The van der Waals surface area contributed by atoms with E-state index in [1.807, 2.05) is 24.4 Å². The van der Waals surface area contributed by atoms with E-state index in [2.05, 4.69) is 49.3 Å². The zero-order valence-electron chi connectivity index (χ0n) is 10.1. The number of hydrogen-bond acceptors (Lipinski definition) is 2. The molecule has 0 spiro atoms. The van der Waals surface area contributed by atoms with Gasteiger partial charge in [-0.3, -0.25) is 0 Å². The van der Waals surface area contributed by atoms with E-state index in [1.54, 1.807) is 0 Å². The predicted molar refractivity (Wildman–Crippen MR) is 68.5 cm³/mol. The van der Waals surface area contributed by atoms with Crippen molar-refractivity contribution in [3.05, 3.63) is 48.2 Å². The molecule has 2 rings (SSSR count). The Morgan fingerprint density at radius 3 is 2.44 bits per heavy atom. The maximum Gasteiger partial charge on any atom is 0.133 e. The fourth-order valence-electron chi connectivity index (χ4n) is 1.70. The van der Waals surface area contributed by atoms with Crippen LogP contribution in [0.1, 0.15) is 26.3 Å². The van der Waals surface area contributed by atoms with Crippen molar-refractivity contribution in [1.29, 1.82) is 0 Å². The summed E-state index contributed by atoms with van der Waals surface area (Å²) in [6.45, 7) is 6.68. The maximum atomic E-state index is 4.39. The molecule has 1 aromatic rings. The summed E-state index contributed by atoms with van der Waals surface area (Å²) in [6, 6.07) is 10.6. The summed E-state index contributed by atoms with van der Waals surface area (Å²) in [5.41, 5.74) is 1.34. The Morgan fingerprint density at radius 2 is 1.81 bits per heavy atom. The molecule has 0 amide bonds. The van der Waals surface area contributed by atoms with Gasteiger partial charge in [0.05, 0.1) is 6.04 Å². The first-order valence-corrected chi connectivity index (χ1v) is 5.64. The molecule has 1 aliphatic rings. The molecular weight excluding hydrogens is 196 g/mol. The lowest BCUT2D eigenvalue weighted by Gasteiger charge is -2.31. The molecular formula is C14H18N2. The highest BCUT2D eigenvalue weighted by Gasteiger charge is 2.24. The van der Waals surface area contributed by atoms with Gasteiger partial charge in [0.15, 0.2) is 0 Å². The van der Waals surface area contributed by atoms with Crippen molar-refractivity contribution >= 4 is 5.84 Å². The third-order valence-electron chi connectivity index (χ3n) is 2.75. The van der Waals surface area contributed by atoms with Crippen LogP contribution < -0.4 is 5.32 Å². The second-order valence-electron chi connectivity index (χ2n) is 5.17. The maximum absolute atomic E-state index is 4.39. The predicted octanol–water partition coefficient (Wildman–Crippen LogP) is 2.96. The first kappa shape index (κ1) is 10.9. The molecule has 84 valence electrons. The van der Waals surface area contributed by atoms with Crippen LogP contribution in [0, 0.1) is 5.41 Å². The lowest BCUT2D eigenvalue weighted by atomic mass is 9.86. The quantitative estimate of drug-likeness (QED) is 0.763. The Bertz CT molecular complexity index is 410. The summed E-state index contributed by atoms with van der Waals surface area (Å²) in [4.78, 5) is 4.39. The monoisotopic (exact) mass is 214 g/mol. The van der Waals surface area contributed by atoms with Crippen LogP contribution in [0.3, 0.4) is 0 Å². The van der Waals surface area contributed by atoms with E-state index in [4.69, 9.17) is 0 Å². The van der Waals surface area contributed by atoms with Gasteiger partial charge in [0.25, 0.3) is 0 Å². The first-order valence-electron chi connectivity index (χ1n) is 5.64. The van der Waals surface area contributed by atoms with Crippen LogP contribution in [0.2, 0.25) is 0 Å². The van der Waals surface area contributed by atoms with Gasteiger partial charge in [-0.05, 0) is 11.5 Å². The Kier molecular flexibility index (Phi) is 2.82. The lowest BCUT2D eigenvalue weighted by molar-refractivity contribution is 0.341. The first-order chi connectivity index (χ1) is 7.57. The minimum absolute atomic E-state index is 0.201. The lowest BCUT2D eigenvalue weighted by Crippen LogP contribution is -2.44. The number of benzene rings is 1. The zero-order valence-corrected chi connectivity index (χ0v) is 10.1. The number of amidine groups is 1. The van der Waals surface area contributed by atoms with Crippen LogP contribution in [0.25, 0.3) is 0 Å². The van der Waals surface area contributed by atoms with Gasteiger partial charge in [-0.25, -0.2) is 4.99 Å². The molecule has 1 aliphatic heterocycles. The van der Waals surface area contributed by atoms with Crippen LogP contribution >= 0.6 is 0 Å². The second kappa shape index (κ2) is 4.12. The summed E-state index contributed by atoms with van der Waals surface area (Å²) in [7, 11) is 0. The molecule has 2 nitrogen and oxygen atoms in total. The number of hydrogen-bond donors (Lipinski definition) is 1. The third-order valence-corrected chi connectivity index (χ3v) is 2.75. The molecule has 1 unspecified atom stereocenters. The number of rotatable bonds is 1. The number of nitrogens with one attached hydrogen (secondary N) is 1. The Morgan fingerprint density at radius 1 is 1.12 bits per heavy atom. The highest BCUT2D eigenvalue weighted by molar-refractivity contribution is 5.99. The van der Waals surface area contributed by atoms with Crippen molar-refractivity contribution in [2.24, 2.45) is 10.4 Å². The van der Waals surface area contributed by atoms with Gasteiger partial charge >= 0.3 is 0 Å². The molecule has 0 fully saturated rings. The molecule has 1 heterocycles. The summed E-state index contributed by atoms with van der Waals surface area (Å²) in [5.74, 6) is 0.961. The highest BCUT2D eigenvalue weighted by Crippen LogP contribution is 2.22. The molecule has 0 saturated carbocycles. The molecule has 2 heteroatoms. The molecule has 1 aromatic carbocycles. The van der Waals surface area contributed by atoms with E-state index in [9.17, 15) is 0 Å². The van der Waals surface area contributed by atoms with Crippen molar-refractivity contribution in [3.8, 4) is 0 Å². The van der Waals surface area contributed by atoms with Gasteiger partial charge in [0, 0.05) is 11.8 Å². The van der Waals surface area contributed by atoms with Crippen molar-refractivity contribution in [2.75, 3.05) is 0 Å². The zero-order chi connectivity index (χ0) is 11.6. The minimum Gasteiger partial charge on any atom is -0.363 e. The fraction of sp³-hybridized carbons (Fsp3) is 0.357. The third kappa shape index (κ3) is 2.32. The Balaban J connectivity index is 2.21. The average molecular weight is 214 g/mol. The van der Waals surface area contributed by atoms with E-state index >= 15 is 0 Å². The summed E-state index contributed by atoms with van der Waals surface area (Å²) < 4.78 is 0. The smallest absolute Gasteiger partial charge is 0.133 e. The summed E-state index contributed by atoms with van der Waals surface area (Å²) >= 11 is 0. The molecule has 0 radical (unpaired) electrons. The van der Waals surface area contributed by atoms with Crippen molar-refractivity contribution in [3.63, 3.8) is 0 Å². The molecule has 1 atom stereocenters. The van der Waals surface area contributed by atoms with E-state index in [0.717, 1.165) is 11.4 Å². The average Bonchev–Trinajstić information content (AvgIpc) is 2.29. The van der Waals surface area contributed by atoms with E-state index in [0.29, 0.717) is 6.04 Å². The standard InChI is InChI=1S/C14H18N2/c1-14(2,3)12-9-10-15-13(16-12)11-7-5-4-6-8-11/h4-10,12H,1-3H3,(H,15,16). The molecule has 0 bridgehead atoms. The number of nitrogens with zero attached hydrogens (tertiary/aromatic N) is 1. The van der Waals surface area contributed by atoms with Crippen molar-refractivity contribution < 1.29 is 0 Å².